The smallest absolute Gasteiger partial charge is 0.305 e. The maximum Gasteiger partial charge on any atom is 0.305 e. The van der Waals surface area contributed by atoms with Gasteiger partial charge in [0.25, 0.3) is 0 Å². The molecule has 0 heterocycles. The van der Waals surface area contributed by atoms with Gasteiger partial charge in [0, 0.05) is 12.8 Å². The highest BCUT2D eigenvalue weighted by Gasteiger charge is 2.18. The highest BCUT2D eigenvalue weighted by Crippen LogP contribution is 2.15. The molecule has 358 valence electrons. The van der Waals surface area contributed by atoms with E-state index < -0.39 is 12.1 Å². The molecule has 0 rings (SSSR count). The number of allylic oxidation sites excluding steroid dienone is 5. The molecule has 0 aliphatic heterocycles. The fraction of sp³-hybridized carbons (Fsp3) is 0.855. The van der Waals surface area contributed by atoms with Gasteiger partial charge in [-0.2, -0.15) is 0 Å². The summed E-state index contributed by atoms with van der Waals surface area (Å²) in [6.07, 6.45) is 61.5. The summed E-state index contributed by atoms with van der Waals surface area (Å²) in [5.41, 5.74) is 0. The molecule has 2 atom stereocenters. The Bertz CT molecular complexity index is 993. The predicted octanol–water partition coefficient (Wildman–Crippen LogP) is 16.1. The van der Waals surface area contributed by atoms with Gasteiger partial charge >= 0.3 is 5.97 Å². The first-order chi connectivity index (χ1) is 30.0. The Morgan fingerprint density at radius 3 is 1.16 bits per heavy atom. The fourth-order valence-corrected chi connectivity index (χ4v) is 7.97. The summed E-state index contributed by atoms with van der Waals surface area (Å²) in [5, 5.41) is 23.0. The van der Waals surface area contributed by atoms with Crippen LogP contribution in [0.25, 0.3) is 0 Å². The Morgan fingerprint density at radius 2 is 0.770 bits per heavy atom. The van der Waals surface area contributed by atoms with E-state index in [4.69, 9.17) is 4.74 Å². The highest BCUT2D eigenvalue weighted by atomic mass is 16.5. The number of unbranched alkanes of at least 4 members (excludes halogenated alkanes) is 34. The molecule has 6 nitrogen and oxygen atoms in total. The second-order valence-corrected chi connectivity index (χ2v) is 18.2. The van der Waals surface area contributed by atoms with Crippen LogP contribution in [0, 0.1) is 0 Å². The Kier molecular flexibility index (Phi) is 49.1. The van der Waals surface area contributed by atoms with Crippen LogP contribution < -0.4 is 5.32 Å². The van der Waals surface area contributed by atoms with Crippen molar-refractivity contribution in [2.45, 2.75) is 289 Å². The van der Waals surface area contributed by atoms with E-state index in [-0.39, 0.29) is 18.5 Å². The largest absolute Gasteiger partial charge is 0.466 e. The second-order valence-electron chi connectivity index (χ2n) is 18.2. The van der Waals surface area contributed by atoms with Crippen molar-refractivity contribution in [2.75, 3.05) is 13.2 Å². The van der Waals surface area contributed by atoms with E-state index in [1.54, 1.807) is 6.08 Å². The molecule has 3 N–H and O–H groups in total. The minimum absolute atomic E-state index is 0.0119. The molecule has 1 amide bonds. The molecule has 0 fully saturated rings. The molecule has 0 radical (unpaired) electrons. The van der Waals surface area contributed by atoms with E-state index in [9.17, 15) is 19.8 Å². The molecule has 2 unspecified atom stereocenters. The first-order valence-corrected chi connectivity index (χ1v) is 26.8. The third-order valence-electron chi connectivity index (χ3n) is 12.1. The van der Waals surface area contributed by atoms with Gasteiger partial charge in [-0.05, 0) is 83.5 Å². The lowest BCUT2D eigenvalue weighted by Gasteiger charge is -2.20. The summed E-state index contributed by atoms with van der Waals surface area (Å²) >= 11 is 0. The van der Waals surface area contributed by atoms with Crippen LogP contribution in [-0.2, 0) is 14.3 Å². The molecule has 0 saturated heterocycles. The average Bonchev–Trinajstić information content (AvgIpc) is 3.26. The van der Waals surface area contributed by atoms with Gasteiger partial charge in [-0.3, -0.25) is 9.59 Å². The van der Waals surface area contributed by atoms with Gasteiger partial charge in [-0.1, -0.05) is 217 Å². The Labute approximate surface area is 379 Å². The maximum absolute atomic E-state index is 12.4. The highest BCUT2D eigenvalue weighted by molar-refractivity contribution is 5.76. The van der Waals surface area contributed by atoms with Crippen LogP contribution in [0.15, 0.2) is 36.5 Å². The Hall–Kier alpha value is -1.92. The van der Waals surface area contributed by atoms with E-state index in [0.717, 1.165) is 64.2 Å². The molecule has 6 heteroatoms. The zero-order chi connectivity index (χ0) is 44.4. The van der Waals surface area contributed by atoms with Gasteiger partial charge in [0.15, 0.2) is 0 Å². The van der Waals surface area contributed by atoms with E-state index >= 15 is 0 Å². The number of aliphatic hydroxyl groups is 2. The lowest BCUT2D eigenvalue weighted by Crippen LogP contribution is -2.45. The third kappa shape index (κ3) is 47.4. The van der Waals surface area contributed by atoms with Crippen LogP contribution in [0.1, 0.15) is 277 Å². The van der Waals surface area contributed by atoms with Gasteiger partial charge in [0.2, 0.25) is 5.91 Å². The number of esters is 1. The molecular formula is C55H103NO5. The number of ether oxygens (including phenoxy) is 1. The molecule has 0 saturated carbocycles. The van der Waals surface area contributed by atoms with E-state index in [1.807, 2.05) is 6.08 Å². The standard InChI is InChI=1S/C55H103NO5/c1-3-5-7-9-11-13-15-17-18-22-25-29-33-37-41-45-49-55(60)61-50-46-42-38-34-30-26-23-20-19-21-24-28-32-36-40-44-48-54(59)56-52(51-57)53(58)47-43-39-35-31-27-16-14-12-10-8-6-4-2/h18-19,21-22,43,47,52-53,57-58H,3-17,20,23-42,44-46,48-51H2,1-2H3,(H,56,59)/b21-19-,22-18-,47-43+. The molecule has 0 aromatic heterocycles. The Balaban J connectivity index is 3.49. The molecule has 0 aromatic rings. The molecule has 0 aliphatic rings. The molecule has 0 bridgehead atoms. The van der Waals surface area contributed by atoms with E-state index in [1.165, 1.54) is 186 Å². The van der Waals surface area contributed by atoms with E-state index in [0.29, 0.717) is 19.4 Å². The number of aliphatic hydroxyl groups excluding tert-OH is 2. The summed E-state index contributed by atoms with van der Waals surface area (Å²) in [7, 11) is 0. The van der Waals surface area contributed by atoms with Gasteiger partial charge in [-0.25, -0.2) is 0 Å². The van der Waals surface area contributed by atoms with Crippen LogP contribution in [-0.4, -0.2) is 47.4 Å². The quantitative estimate of drug-likeness (QED) is 0.0322. The van der Waals surface area contributed by atoms with Crippen LogP contribution in [0.2, 0.25) is 0 Å². The summed E-state index contributed by atoms with van der Waals surface area (Å²) in [5.74, 6) is -0.0986. The average molecular weight is 858 g/mol. The van der Waals surface area contributed by atoms with Gasteiger partial charge in [0.05, 0.1) is 25.4 Å². The van der Waals surface area contributed by atoms with Crippen molar-refractivity contribution >= 4 is 11.9 Å². The number of amides is 1. The first-order valence-electron chi connectivity index (χ1n) is 26.8. The zero-order valence-corrected chi connectivity index (χ0v) is 40.6. The lowest BCUT2D eigenvalue weighted by atomic mass is 10.1. The summed E-state index contributed by atoms with van der Waals surface area (Å²) in [4.78, 5) is 24.4. The number of rotatable bonds is 49. The van der Waals surface area contributed by atoms with E-state index in [2.05, 4.69) is 43.5 Å². The molecule has 0 aliphatic carbocycles. The predicted molar refractivity (Wildman–Crippen MR) is 264 cm³/mol. The molecular weight excluding hydrogens is 755 g/mol. The second kappa shape index (κ2) is 50.7. The van der Waals surface area contributed by atoms with Gasteiger partial charge < -0.3 is 20.3 Å². The minimum atomic E-state index is -0.854. The summed E-state index contributed by atoms with van der Waals surface area (Å²) in [6.45, 7) is 4.86. The van der Waals surface area contributed by atoms with Crippen molar-refractivity contribution in [1.82, 2.24) is 5.32 Å². The van der Waals surface area contributed by atoms with Gasteiger partial charge in [0.1, 0.15) is 0 Å². The topological polar surface area (TPSA) is 95.9 Å². The molecule has 61 heavy (non-hydrogen) atoms. The van der Waals surface area contributed by atoms with Crippen molar-refractivity contribution in [1.29, 1.82) is 0 Å². The summed E-state index contributed by atoms with van der Waals surface area (Å²) in [6, 6.07) is -0.639. The van der Waals surface area contributed by atoms with Crippen LogP contribution in [0.5, 0.6) is 0 Å². The number of carbonyl (C=O) groups is 2. The number of hydrogen-bond donors (Lipinski definition) is 3. The van der Waals surface area contributed by atoms with Crippen molar-refractivity contribution < 1.29 is 24.5 Å². The monoisotopic (exact) mass is 858 g/mol. The van der Waals surface area contributed by atoms with Crippen molar-refractivity contribution in [3.63, 3.8) is 0 Å². The van der Waals surface area contributed by atoms with Crippen LogP contribution >= 0.6 is 0 Å². The van der Waals surface area contributed by atoms with Gasteiger partial charge in [-0.15, -0.1) is 0 Å². The maximum atomic E-state index is 12.4. The van der Waals surface area contributed by atoms with Crippen LogP contribution in [0.3, 0.4) is 0 Å². The zero-order valence-electron chi connectivity index (χ0n) is 40.6. The fourth-order valence-electron chi connectivity index (χ4n) is 7.97. The minimum Gasteiger partial charge on any atom is -0.466 e. The lowest BCUT2D eigenvalue weighted by molar-refractivity contribution is -0.143. The Morgan fingerprint density at radius 1 is 0.443 bits per heavy atom. The number of hydrogen-bond acceptors (Lipinski definition) is 5. The van der Waals surface area contributed by atoms with Crippen molar-refractivity contribution in [3.8, 4) is 0 Å². The third-order valence-corrected chi connectivity index (χ3v) is 12.1. The normalized spacial score (nSPS) is 12.9. The SMILES string of the molecule is CCCCCCCCC/C=C\CCCCCCCC(=O)OCCCCCCCCC/C=C\CCCCCCCC(=O)NC(CO)C(O)/C=C/CCCCCCCCCCCC. The van der Waals surface area contributed by atoms with Crippen molar-refractivity contribution in [2.24, 2.45) is 0 Å². The first kappa shape index (κ1) is 59.1. The molecule has 0 aromatic carbocycles. The molecule has 0 spiro atoms. The van der Waals surface area contributed by atoms with Crippen LogP contribution in [0.4, 0.5) is 0 Å². The summed E-state index contributed by atoms with van der Waals surface area (Å²) < 4.78 is 5.46. The number of nitrogens with one attached hydrogen (secondary N) is 1. The van der Waals surface area contributed by atoms with Crippen molar-refractivity contribution in [3.05, 3.63) is 36.5 Å². The number of carbonyl (C=O) groups excluding carboxylic acids is 2.